The van der Waals surface area contributed by atoms with Crippen LogP contribution in [-0.2, 0) is 12.3 Å². The molecular weight excluding hydrogens is 290 g/mol. The van der Waals surface area contributed by atoms with E-state index in [1.807, 2.05) is 36.4 Å². The molecule has 2 aromatic rings. The van der Waals surface area contributed by atoms with Gasteiger partial charge in [-0.05, 0) is 45.0 Å². The van der Waals surface area contributed by atoms with E-state index in [9.17, 15) is 0 Å². The lowest BCUT2D eigenvalue weighted by molar-refractivity contribution is 0.382. The predicted molar refractivity (Wildman–Crippen MR) is 86.3 cm³/mol. The second-order valence-electron chi connectivity index (χ2n) is 5.69. The molecule has 0 saturated carbocycles. The normalized spacial score (nSPS) is 11.8. The largest absolute Gasteiger partial charge is 0.464 e. The van der Waals surface area contributed by atoms with E-state index in [4.69, 9.17) is 16.0 Å². The first-order chi connectivity index (χ1) is 9.44. The van der Waals surface area contributed by atoms with Crippen molar-refractivity contribution < 1.29 is 4.42 Å². The molecule has 2 nitrogen and oxygen atoms in total. The summed E-state index contributed by atoms with van der Waals surface area (Å²) in [4.78, 5) is 1.08. The molecule has 20 heavy (non-hydrogen) atoms. The SMILES string of the molecule is CC(C)(C)NCc1ccc(CSc2ccccc2Cl)o1. The minimum absolute atomic E-state index is 0.0965. The van der Waals surface area contributed by atoms with Gasteiger partial charge in [0.2, 0.25) is 0 Å². The van der Waals surface area contributed by atoms with Gasteiger partial charge >= 0.3 is 0 Å². The van der Waals surface area contributed by atoms with Crippen LogP contribution in [0.5, 0.6) is 0 Å². The van der Waals surface area contributed by atoms with Gasteiger partial charge in [0.1, 0.15) is 11.5 Å². The lowest BCUT2D eigenvalue weighted by atomic mass is 10.1. The molecule has 4 heteroatoms. The number of halogens is 1. The van der Waals surface area contributed by atoms with Crippen molar-refractivity contribution in [1.82, 2.24) is 5.32 Å². The summed E-state index contributed by atoms with van der Waals surface area (Å²) in [6.45, 7) is 7.18. The molecule has 0 bridgehead atoms. The summed E-state index contributed by atoms with van der Waals surface area (Å²) in [6.07, 6.45) is 0. The van der Waals surface area contributed by atoms with E-state index in [-0.39, 0.29) is 5.54 Å². The summed E-state index contributed by atoms with van der Waals surface area (Å²) >= 11 is 7.83. The third kappa shape index (κ3) is 4.89. The Morgan fingerprint density at radius 2 is 1.80 bits per heavy atom. The molecule has 0 unspecified atom stereocenters. The maximum atomic E-state index is 6.13. The van der Waals surface area contributed by atoms with Crippen LogP contribution in [-0.4, -0.2) is 5.54 Å². The molecule has 1 N–H and O–H groups in total. The van der Waals surface area contributed by atoms with E-state index in [0.29, 0.717) is 0 Å². The molecule has 1 aromatic heterocycles. The standard InChI is InChI=1S/C16H20ClNOS/c1-16(2,3)18-10-12-8-9-13(19-12)11-20-15-7-5-4-6-14(15)17/h4-9,18H,10-11H2,1-3H3. The van der Waals surface area contributed by atoms with Gasteiger partial charge in [0.15, 0.2) is 0 Å². The Hall–Kier alpha value is -0.900. The van der Waals surface area contributed by atoms with E-state index in [0.717, 1.165) is 33.7 Å². The average molecular weight is 310 g/mol. The Labute approximate surface area is 129 Å². The minimum Gasteiger partial charge on any atom is -0.464 e. The molecule has 0 saturated heterocycles. The molecule has 0 amide bonds. The van der Waals surface area contributed by atoms with Crippen LogP contribution in [0.3, 0.4) is 0 Å². The van der Waals surface area contributed by atoms with Gasteiger partial charge in [0.05, 0.1) is 17.3 Å². The number of benzene rings is 1. The van der Waals surface area contributed by atoms with Crippen molar-refractivity contribution >= 4 is 23.4 Å². The summed E-state index contributed by atoms with van der Waals surface area (Å²) in [5, 5.41) is 4.20. The number of furan rings is 1. The van der Waals surface area contributed by atoms with E-state index in [2.05, 4.69) is 26.1 Å². The van der Waals surface area contributed by atoms with Crippen molar-refractivity contribution in [1.29, 1.82) is 0 Å². The molecule has 0 aliphatic rings. The Balaban J connectivity index is 1.89. The van der Waals surface area contributed by atoms with Gasteiger partial charge in [-0.3, -0.25) is 0 Å². The zero-order valence-electron chi connectivity index (χ0n) is 12.1. The average Bonchev–Trinajstić information content (AvgIpc) is 2.83. The summed E-state index contributed by atoms with van der Waals surface area (Å²) in [6, 6.07) is 11.9. The Bertz CT molecular complexity index is 560. The van der Waals surface area contributed by atoms with Gasteiger partial charge in [0, 0.05) is 10.4 Å². The van der Waals surface area contributed by atoms with Crippen molar-refractivity contribution in [3.05, 3.63) is 52.9 Å². The first-order valence-electron chi connectivity index (χ1n) is 6.64. The van der Waals surface area contributed by atoms with Gasteiger partial charge in [-0.1, -0.05) is 23.7 Å². The summed E-state index contributed by atoms with van der Waals surface area (Å²) in [5.41, 5.74) is 0.0965. The van der Waals surface area contributed by atoms with Gasteiger partial charge in [-0.25, -0.2) is 0 Å². The quantitative estimate of drug-likeness (QED) is 0.777. The second kappa shape index (κ2) is 6.70. The topological polar surface area (TPSA) is 25.2 Å². The molecular formula is C16H20ClNOS. The molecule has 1 aromatic carbocycles. The van der Waals surface area contributed by atoms with Crippen LogP contribution in [0.2, 0.25) is 5.02 Å². The fourth-order valence-corrected chi connectivity index (χ4v) is 2.79. The highest BCUT2D eigenvalue weighted by Crippen LogP contribution is 2.29. The van der Waals surface area contributed by atoms with E-state index in [1.54, 1.807) is 11.8 Å². The minimum atomic E-state index is 0.0965. The fourth-order valence-electron chi connectivity index (χ4n) is 1.66. The van der Waals surface area contributed by atoms with Gasteiger partial charge in [-0.15, -0.1) is 11.8 Å². The van der Waals surface area contributed by atoms with Gasteiger partial charge in [0.25, 0.3) is 0 Å². The Morgan fingerprint density at radius 3 is 2.50 bits per heavy atom. The molecule has 0 aliphatic heterocycles. The highest BCUT2D eigenvalue weighted by molar-refractivity contribution is 7.98. The smallest absolute Gasteiger partial charge is 0.118 e. The summed E-state index contributed by atoms with van der Waals surface area (Å²) < 4.78 is 5.81. The first kappa shape index (κ1) is 15.5. The molecule has 2 rings (SSSR count). The van der Waals surface area contributed by atoms with E-state index >= 15 is 0 Å². The molecule has 0 fully saturated rings. The monoisotopic (exact) mass is 309 g/mol. The zero-order valence-corrected chi connectivity index (χ0v) is 13.6. The van der Waals surface area contributed by atoms with Crippen molar-refractivity contribution in [3.8, 4) is 0 Å². The van der Waals surface area contributed by atoms with Crippen LogP contribution in [0.4, 0.5) is 0 Å². The number of thioether (sulfide) groups is 1. The lowest BCUT2D eigenvalue weighted by Gasteiger charge is -2.19. The molecule has 0 atom stereocenters. The third-order valence-corrected chi connectivity index (χ3v) is 4.25. The maximum absolute atomic E-state index is 6.13. The first-order valence-corrected chi connectivity index (χ1v) is 8.00. The van der Waals surface area contributed by atoms with Crippen molar-refractivity contribution in [3.63, 3.8) is 0 Å². The molecule has 0 aliphatic carbocycles. The second-order valence-corrected chi connectivity index (χ2v) is 7.12. The Morgan fingerprint density at radius 1 is 1.10 bits per heavy atom. The molecule has 108 valence electrons. The number of rotatable bonds is 5. The van der Waals surface area contributed by atoms with Crippen molar-refractivity contribution in [2.45, 2.75) is 43.5 Å². The molecule has 1 heterocycles. The summed E-state index contributed by atoms with van der Waals surface area (Å²) in [5.74, 6) is 2.73. The predicted octanol–water partition coefficient (Wildman–Crippen LogP) is 5.11. The van der Waals surface area contributed by atoms with Crippen LogP contribution in [0, 0.1) is 0 Å². The fraction of sp³-hybridized carbons (Fsp3) is 0.375. The number of hydrogen-bond donors (Lipinski definition) is 1. The van der Waals surface area contributed by atoms with Gasteiger partial charge < -0.3 is 9.73 Å². The van der Waals surface area contributed by atoms with Crippen LogP contribution in [0.15, 0.2) is 45.7 Å². The van der Waals surface area contributed by atoms with Crippen molar-refractivity contribution in [2.24, 2.45) is 0 Å². The number of hydrogen-bond acceptors (Lipinski definition) is 3. The van der Waals surface area contributed by atoms with Crippen LogP contribution in [0.25, 0.3) is 0 Å². The van der Waals surface area contributed by atoms with Crippen LogP contribution < -0.4 is 5.32 Å². The third-order valence-electron chi connectivity index (χ3n) is 2.72. The molecule has 0 radical (unpaired) electrons. The van der Waals surface area contributed by atoms with E-state index in [1.165, 1.54) is 0 Å². The van der Waals surface area contributed by atoms with E-state index < -0.39 is 0 Å². The summed E-state index contributed by atoms with van der Waals surface area (Å²) in [7, 11) is 0. The lowest BCUT2D eigenvalue weighted by Crippen LogP contribution is -2.34. The van der Waals surface area contributed by atoms with Gasteiger partial charge in [-0.2, -0.15) is 0 Å². The van der Waals surface area contributed by atoms with Crippen LogP contribution in [0.1, 0.15) is 32.3 Å². The Kier molecular flexibility index (Phi) is 5.19. The van der Waals surface area contributed by atoms with Crippen LogP contribution >= 0.6 is 23.4 Å². The number of nitrogens with one attached hydrogen (secondary N) is 1. The van der Waals surface area contributed by atoms with Crippen molar-refractivity contribution in [2.75, 3.05) is 0 Å². The highest BCUT2D eigenvalue weighted by atomic mass is 35.5. The zero-order chi connectivity index (χ0) is 14.6. The maximum Gasteiger partial charge on any atom is 0.118 e. The highest BCUT2D eigenvalue weighted by Gasteiger charge is 2.10. The molecule has 0 spiro atoms.